The second-order valence-electron chi connectivity index (χ2n) is 6.47. The Bertz CT molecular complexity index is 715. The van der Waals surface area contributed by atoms with Gasteiger partial charge < -0.3 is 31.5 Å². The minimum Gasteiger partial charge on any atom is -0.508 e. The first-order valence-corrected chi connectivity index (χ1v) is 8.93. The molecule has 1 saturated heterocycles. The lowest BCUT2D eigenvalue weighted by Gasteiger charge is -2.19. The van der Waals surface area contributed by atoms with Crippen LogP contribution in [-0.4, -0.2) is 65.6 Å². The Morgan fingerprint density at radius 2 is 1.82 bits per heavy atom. The highest BCUT2D eigenvalue weighted by Gasteiger charge is 2.24. The SMILES string of the molecule is O=C(O)CNC(=O)C(Cc1ccc(O)cc1)NC(=O)CNC(=O)C1CCCN1. The summed E-state index contributed by atoms with van der Waals surface area (Å²) in [4.78, 5) is 47.1. The molecular weight excluding hydrogens is 368 g/mol. The summed E-state index contributed by atoms with van der Waals surface area (Å²) in [6.07, 6.45) is 1.69. The van der Waals surface area contributed by atoms with E-state index in [0.29, 0.717) is 12.0 Å². The summed E-state index contributed by atoms with van der Waals surface area (Å²) in [6.45, 7) is -0.122. The third-order valence-electron chi connectivity index (χ3n) is 4.24. The maximum atomic E-state index is 12.3. The van der Waals surface area contributed by atoms with E-state index in [0.717, 1.165) is 13.0 Å². The second-order valence-corrected chi connectivity index (χ2v) is 6.47. The number of carboxylic acids is 1. The number of carbonyl (C=O) groups excluding carboxylic acids is 3. The van der Waals surface area contributed by atoms with Gasteiger partial charge in [0.2, 0.25) is 17.7 Å². The third kappa shape index (κ3) is 6.88. The molecule has 1 aliphatic heterocycles. The van der Waals surface area contributed by atoms with Crippen molar-refractivity contribution in [3.8, 4) is 5.75 Å². The van der Waals surface area contributed by atoms with Gasteiger partial charge in [-0.25, -0.2) is 0 Å². The van der Waals surface area contributed by atoms with Crippen molar-refractivity contribution in [1.29, 1.82) is 0 Å². The van der Waals surface area contributed by atoms with Crippen LogP contribution in [0.3, 0.4) is 0 Å². The molecule has 28 heavy (non-hydrogen) atoms. The quantitative estimate of drug-likeness (QED) is 0.298. The van der Waals surface area contributed by atoms with Crippen LogP contribution < -0.4 is 21.3 Å². The number of nitrogens with one attached hydrogen (secondary N) is 4. The first kappa shape index (κ1) is 21.2. The van der Waals surface area contributed by atoms with Crippen LogP contribution in [0.4, 0.5) is 0 Å². The summed E-state index contributed by atoms with van der Waals surface area (Å²) in [5.41, 5.74) is 0.660. The van der Waals surface area contributed by atoms with E-state index in [9.17, 15) is 24.3 Å². The number of aliphatic carboxylic acids is 1. The monoisotopic (exact) mass is 392 g/mol. The van der Waals surface area contributed by atoms with Gasteiger partial charge >= 0.3 is 5.97 Å². The molecule has 6 N–H and O–H groups in total. The van der Waals surface area contributed by atoms with Crippen LogP contribution in [0.5, 0.6) is 5.75 Å². The molecule has 1 aromatic rings. The van der Waals surface area contributed by atoms with Gasteiger partial charge in [0, 0.05) is 6.42 Å². The number of carboxylic acid groups (broad SMARTS) is 1. The molecule has 152 valence electrons. The van der Waals surface area contributed by atoms with E-state index in [1.54, 1.807) is 12.1 Å². The third-order valence-corrected chi connectivity index (χ3v) is 4.24. The van der Waals surface area contributed by atoms with E-state index in [2.05, 4.69) is 21.3 Å². The van der Waals surface area contributed by atoms with Gasteiger partial charge in [0.25, 0.3) is 0 Å². The molecule has 1 aliphatic rings. The molecule has 0 bridgehead atoms. The molecule has 2 atom stereocenters. The van der Waals surface area contributed by atoms with Crippen molar-refractivity contribution in [1.82, 2.24) is 21.3 Å². The number of aromatic hydroxyl groups is 1. The van der Waals surface area contributed by atoms with Crippen LogP contribution in [0.15, 0.2) is 24.3 Å². The zero-order valence-corrected chi connectivity index (χ0v) is 15.2. The topological polar surface area (TPSA) is 157 Å². The fourth-order valence-electron chi connectivity index (χ4n) is 2.81. The second kappa shape index (κ2) is 10.3. The van der Waals surface area contributed by atoms with Gasteiger partial charge in [-0.05, 0) is 37.1 Å². The number of hydrogen-bond donors (Lipinski definition) is 6. The van der Waals surface area contributed by atoms with Crippen molar-refractivity contribution >= 4 is 23.7 Å². The molecule has 0 radical (unpaired) electrons. The molecule has 1 aromatic carbocycles. The minimum absolute atomic E-state index is 0.0582. The van der Waals surface area contributed by atoms with Gasteiger partial charge in [0.15, 0.2) is 0 Å². The molecule has 0 aliphatic carbocycles. The molecule has 1 fully saturated rings. The fourth-order valence-corrected chi connectivity index (χ4v) is 2.81. The maximum Gasteiger partial charge on any atom is 0.322 e. The summed E-state index contributed by atoms with van der Waals surface area (Å²) < 4.78 is 0. The van der Waals surface area contributed by atoms with Crippen LogP contribution in [-0.2, 0) is 25.6 Å². The van der Waals surface area contributed by atoms with Crippen LogP contribution in [0.2, 0.25) is 0 Å². The van der Waals surface area contributed by atoms with Gasteiger partial charge in [-0.2, -0.15) is 0 Å². The Kier molecular flexibility index (Phi) is 7.76. The zero-order valence-electron chi connectivity index (χ0n) is 15.2. The summed E-state index contributed by atoms with van der Waals surface area (Å²) >= 11 is 0. The number of rotatable bonds is 9. The van der Waals surface area contributed by atoms with Crippen molar-refractivity contribution in [2.45, 2.75) is 31.3 Å². The Morgan fingerprint density at radius 3 is 2.43 bits per heavy atom. The summed E-state index contributed by atoms with van der Waals surface area (Å²) in [7, 11) is 0. The van der Waals surface area contributed by atoms with Gasteiger partial charge in [0.1, 0.15) is 18.3 Å². The Labute approximate surface area is 161 Å². The predicted octanol–water partition coefficient (Wildman–Crippen LogP) is -1.51. The lowest BCUT2D eigenvalue weighted by atomic mass is 10.0. The lowest BCUT2D eigenvalue weighted by molar-refractivity contribution is -0.138. The number of hydrogen-bond acceptors (Lipinski definition) is 6. The maximum absolute atomic E-state index is 12.3. The molecule has 10 nitrogen and oxygen atoms in total. The Morgan fingerprint density at radius 1 is 1.11 bits per heavy atom. The number of amides is 3. The molecule has 0 saturated carbocycles. The van der Waals surface area contributed by atoms with E-state index < -0.39 is 30.4 Å². The van der Waals surface area contributed by atoms with Crippen molar-refractivity contribution in [3.05, 3.63) is 29.8 Å². The Hall–Kier alpha value is -3.14. The van der Waals surface area contributed by atoms with Gasteiger partial charge in [0.05, 0.1) is 12.6 Å². The van der Waals surface area contributed by atoms with Crippen LogP contribution in [0.1, 0.15) is 18.4 Å². The Balaban J connectivity index is 1.93. The van der Waals surface area contributed by atoms with Crippen molar-refractivity contribution in [2.24, 2.45) is 0 Å². The molecule has 10 heteroatoms. The largest absolute Gasteiger partial charge is 0.508 e. The standard InChI is InChI=1S/C18H24N4O6/c23-12-5-3-11(4-6-12)8-14(18(28)21-10-16(25)26)22-15(24)9-20-17(27)13-2-1-7-19-13/h3-6,13-14,19,23H,1-2,7-10H2,(H,20,27)(H,21,28)(H,22,24)(H,25,26). The molecule has 2 unspecified atom stereocenters. The normalized spacial score (nSPS) is 16.8. The van der Waals surface area contributed by atoms with Crippen LogP contribution >= 0.6 is 0 Å². The van der Waals surface area contributed by atoms with Gasteiger partial charge in [-0.3, -0.25) is 19.2 Å². The average Bonchev–Trinajstić information content (AvgIpc) is 3.20. The number of carbonyl (C=O) groups is 4. The van der Waals surface area contributed by atoms with Gasteiger partial charge in [-0.15, -0.1) is 0 Å². The van der Waals surface area contributed by atoms with E-state index in [1.165, 1.54) is 12.1 Å². The summed E-state index contributed by atoms with van der Waals surface area (Å²) in [6, 6.07) is 4.72. The highest BCUT2D eigenvalue weighted by molar-refractivity contribution is 5.92. The zero-order chi connectivity index (χ0) is 20.5. The van der Waals surface area contributed by atoms with Gasteiger partial charge in [-0.1, -0.05) is 12.1 Å². The first-order chi connectivity index (χ1) is 13.3. The van der Waals surface area contributed by atoms with Crippen molar-refractivity contribution in [2.75, 3.05) is 19.6 Å². The molecule has 3 amide bonds. The van der Waals surface area contributed by atoms with Crippen LogP contribution in [0, 0.1) is 0 Å². The lowest BCUT2D eigenvalue weighted by Crippen LogP contribution is -2.52. The van der Waals surface area contributed by atoms with Crippen LogP contribution in [0.25, 0.3) is 0 Å². The van der Waals surface area contributed by atoms with E-state index in [4.69, 9.17) is 5.11 Å². The highest BCUT2D eigenvalue weighted by atomic mass is 16.4. The van der Waals surface area contributed by atoms with Crippen molar-refractivity contribution < 1.29 is 29.4 Å². The average molecular weight is 392 g/mol. The minimum atomic E-state index is -1.21. The number of phenols is 1. The number of benzene rings is 1. The van der Waals surface area contributed by atoms with Crippen molar-refractivity contribution in [3.63, 3.8) is 0 Å². The van der Waals surface area contributed by atoms with E-state index >= 15 is 0 Å². The highest BCUT2D eigenvalue weighted by Crippen LogP contribution is 2.11. The molecule has 2 rings (SSSR count). The predicted molar refractivity (Wildman–Crippen MR) is 98.4 cm³/mol. The molecule has 1 heterocycles. The summed E-state index contributed by atoms with van der Waals surface area (Å²) in [5, 5.41) is 28.3. The van der Waals surface area contributed by atoms with E-state index in [-0.39, 0.29) is 30.7 Å². The summed E-state index contributed by atoms with van der Waals surface area (Å²) in [5.74, 6) is -2.66. The van der Waals surface area contributed by atoms with E-state index in [1.807, 2.05) is 0 Å². The fraction of sp³-hybridized carbons (Fsp3) is 0.444. The smallest absolute Gasteiger partial charge is 0.322 e. The molecular formula is C18H24N4O6. The molecule has 0 spiro atoms. The molecule has 0 aromatic heterocycles. The number of phenolic OH excluding ortho intramolecular Hbond substituents is 1. The first-order valence-electron chi connectivity index (χ1n) is 8.93.